The quantitative estimate of drug-likeness (QED) is 0.263. The molecule has 2 aromatic carbocycles. The van der Waals surface area contributed by atoms with Gasteiger partial charge in [0.2, 0.25) is 0 Å². The maximum absolute atomic E-state index is 16.3. The van der Waals surface area contributed by atoms with E-state index in [1.807, 2.05) is 31.4 Å². The van der Waals surface area contributed by atoms with E-state index in [2.05, 4.69) is 16.3 Å². The summed E-state index contributed by atoms with van der Waals surface area (Å²) in [4.78, 5) is 11.5. The number of ether oxygens (including phenoxy) is 1. The average Bonchev–Trinajstić information content (AvgIpc) is 3.45. The number of rotatable bonds is 10. The Morgan fingerprint density at radius 2 is 2.08 bits per heavy atom. The summed E-state index contributed by atoms with van der Waals surface area (Å²) >= 11 is 0. The van der Waals surface area contributed by atoms with Gasteiger partial charge >= 0.3 is 5.97 Å². The van der Waals surface area contributed by atoms with E-state index >= 15 is 4.39 Å². The van der Waals surface area contributed by atoms with Gasteiger partial charge in [0.05, 0.1) is 24.4 Å². The number of hydrogen-bond acceptors (Lipinski definition) is 4. The summed E-state index contributed by atoms with van der Waals surface area (Å²) in [5.41, 5.74) is 2.31. The van der Waals surface area contributed by atoms with E-state index in [-0.39, 0.29) is 37.2 Å². The van der Waals surface area contributed by atoms with Crippen LogP contribution in [0.5, 0.6) is 0 Å². The molecule has 0 fully saturated rings. The van der Waals surface area contributed by atoms with Crippen molar-refractivity contribution < 1.29 is 23.4 Å². The lowest BCUT2D eigenvalue weighted by Gasteiger charge is -2.29. The van der Waals surface area contributed by atoms with Crippen LogP contribution in [-0.4, -0.2) is 39.1 Å². The number of aliphatic carboxylic acids is 1. The normalized spacial score (nSPS) is 12.8. The number of carbonyl (C=O) groups is 1. The third kappa shape index (κ3) is 4.81. The molecule has 9 heteroatoms. The molecule has 0 radical (unpaired) electrons. The van der Waals surface area contributed by atoms with Crippen LogP contribution in [-0.2, 0) is 14.9 Å². The molecule has 37 heavy (non-hydrogen) atoms. The van der Waals surface area contributed by atoms with Crippen molar-refractivity contribution in [2.75, 3.05) is 13.2 Å². The minimum absolute atomic E-state index is 0.123. The van der Waals surface area contributed by atoms with Gasteiger partial charge in [-0.05, 0) is 55.7 Å². The van der Waals surface area contributed by atoms with Crippen molar-refractivity contribution in [2.24, 2.45) is 0 Å². The molecule has 0 saturated heterocycles. The van der Waals surface area contributed by atoms with Crippen LogP contribution >= 0.6 is 0 Å². The Morgan fingerprint density at radius 1 is 1.32 bits per heavy atom. The number of aryl methyl sites for hydroxylation is 1. The second-order valence-electron chi connectivity index (χ2n) is 9.96. The van der Waals surface area contributed by atoms with Crippen molar-refractivity contribution in [2.45, 2.75) is 58.3 Å². The van der Waals surface area contributed by atoms with Crippen molar-refractivity contribution in [3.05, 3.63) is 58.9 Å². The number of benzene rings is 2. The van der Waals surface area contributed by atoms with Gasteiger partial charge in [-0.15, -0.1) is 0 Å². The molecule has 2 aromatic heterocycles. The van der Waals surface area contributed by atoms with Crippen LogP contribution < -0.4 is 0 Å². The highest BCUT2D eigenvalue weighted by molar-refractivity contribution is 6.00. The van der Waals surface area contributed by atoms with Crippen molar-refractivity contribution in [1.29, 1.82) is 5.26 Å². The first-order valence-electron chi connectivity index (χ1n) is 12.2. The van der Waals surface area contributed by atoms with Crippen LogP contribution in [0.15, 0.2) is 30.5 Å². The fourth-order valence-corrected chi connectivity index (χ4v) is 5.08. The molecule has 1 atom stereocenters. The van der Waals surface area contributed by atoms with Crippen molar-refractivity contribution in [3.63, 3.8) is 0 Å². The van der Waals surface area contributed by atoms with Crippen LogP contribution in [0.1, 0.15) is 62.8 Å². The van der Waals surface area contributed by atoms with Crippen LogP contribution in [0.25, 0.3) is 27.5 Å². The molecule has 2 heterocycles. The number of H-pyrrole nitrogens is 1. The minimum Gasteiger partial charge on any atom is -0.481 e. The third-order valence-electron chi connectivity index (χ3n) is 6.84. The maximum Gasteiger partial charge on any atom is 0.303 e. The van der Waals surface area contributed by atoms with Gasteiger partial charge in [-0.3, -0.25) is 9.89 Å². The molecule has 0 bridgehead atoms. The standard InChI is InChI=1S/C28H30F2N4O3/c1-5-37-15-17(6-9-22(35)36)23-24-21(13-18-14-32-33-26(18)25(24)30)34(27(23)28(3,4)10-11-31)19-7-8-20(29)16(2)12-19/h7-8,12-14,17H,5-6,9-10,15H2,1-4H3,(H,32,33)(H,35,36). The van der Waals surface area contributed by atoms with Gasteiger partial charge in [-0.1, -0.05) is 13.8 Å². The van der Waals surface area contributed by atoms with Crippen LogP contribution in [0, 0.1) is 29.9 Å². The molecule has 0 aliphatic carbocycles. The number of fused-ring (bicyclic) bond motifs is 2. The average molecular weight is 509 g/mol. The maximum atomic E-state index is 16.3. The predicted octanol–water partition coefficient (Wildman–Crippen LogP) is 6.27. The van der Waals surface area contributed by atoms with E-state index in [0.717, 1.165) is 0 Å². The number of carboxylic acids is 1. The number of halogens is 2. The monoisotopic (exact) mass is 508 g/mol. The molecule has 0 aliphatic rings. The minimum atomic E-state index is -0.964. The zero-order chi connectivity index (χ0) is 26.9. The van der Waals surface area contributed by atoms with Gasteiger partial charge in [-0.2, -0.15) is 10.4 Å². The van der Waals surface area contributed by atoms with Gasteiger partial charge < -0.3 is 14.4 Å². The number of aromatic amines is 1. The lowest BCUT2D eigenvalue weighted by Crippen LogP contribution is -2.24. The van der Waals surface area contributed by atoms with Crippen LogP contribution in [0.2, 0.25) is 0 Å². The van der Waals surface area contributed by atoms with E-state index < -0.39 is 23.1 Å². The topological polar surface area (TPSA) is 104 Å². The molecule has 194 valence electrons. The number of nitriles is 1. The number of hydrogen-bond donors (Lipinski definition) is 2. The Morgan fingerprint density at radius 3 is 2.73 bits per heavy atom. The molecule has 1 unspecified atom stereocenters. The number of nitrogens with zero attached hydrogens (tertiary/aromatic N) is 3. The zero-order valence-electron chi connectivity index (χ0n) is 21.4. The summed E-state index contributed by atoms with van der Waals surface area (Å²) in [5, 5.41) is 26.8. The molecule has 4 aromatic rings. The highest BCUT2D eigenvalue weighted by atomic mass is 19.1. The second-order valence-corrected chi connectivity index (χ2v) is 9.96. The number of nitrogens with one attached hydrogen (secondary N) is 1. The molecule has 0 saturated carbocycles. The molecular weight excluding hydrogens is 478 g/mol. The van der Waals surface area contributed by atoms with Crippen LogP contribution in [0.4, 0.5) is 8.78 Å². The molecule has 2 N–H and O–H groups in total. The molecule has 7 nitrogen and oxygen atoms in total. The fourth-order valence-electron chi connectivity index (χ4n) is 5.08. The Labute approximate surface area is 213 Å². The summed E-state index contributed by atoms with van der Waals surface area (Å²) in [6.45, 7) is 7.90. The first-order chi connectivity index (χ1) is 17.6. The van der Waals surface area contributed by atoms with Crippen LogP contribution in [0.3, 0.4) is 0 Å². The Kier molecular flexibility index (Phi) is 7.32. The first kappa shape index (κ1) is 26.3. The molecule has 0 aliphatic heterocycles. The molecular formula is C28H30F2N4O3. The van der Waals surface area contributed by atoms with Crippen molar-refractivity contribution in [3.8, 4) is 11.8 Å². The summed E-state index contributed by atoms with van der Waals surface area (Å²) in [6.07, 6.45) is 1.74. The Balaban J connectivity index is 2.19. The van der Waals surface area contributed by atoms with E-state index in [0.29, 0.717) is 45.4 Å². The highest BCUT2D eigenvalue weighted by Gasteiger charge is 2.36. The zero-order valence-corrected chi connectivity index (χ0v) is 21.4. The third-order valence-corrected chi connectivity index (χ3v) is 6.84. The largest absolute Gasteiger partial charge is 0.481 e. The van der Waals surface area contributed by atoms with E-state index in [9.17, 15) is 19.6 Å². The first-order valence-corrected chi connectivity index (χ1v) is 12.2. The van der Waals surface area contributed by atoms with Gasteiger partial charge in [0.25, 0.3) is 0 Å². The van der Waals surface area contributed by atoms with E-state index in [1.54, 1.807) is 19.1 Å². The van der Waals surface area contributed by atoms with E-state index in [4.69, 9.17) is 4.74 Å². The highest BCUT2D eigenvalue weighted by Crippen LogP contribution is 2.45. The second kappa shape index (κ2) is 10.3. The summed E-state index contributed by atoms with van der Waals surface area (Å²) in [5.74, 6) is -2.31. The number of aromatic nitrogens is 3. The summed E-state index contributed by atoms with van der Waals surface area (Å²) < 4.78 is 38.2. The van der Waals surface area contributed by atoms with Gasteiger partial charge in [-0.25, -0.2) is 8.78 Å². The van der Waals surface area contributed by atoms with Gasteiger partial charge in [0.15, 0.2) is 5.82 Å². The van der Waals surface area contributed by atoms with E-state index in [1.165, 1.54) is 12.3 Å². The lowest BCUT2D eigenvalue weighted by molar-refractivity contribution is -0.137. The lowest BCUT2D eigenvalue weighted by atomic mass is 9.79. The molecule has 0 spiro atoms. The summed E-state index contributed by atoms with van der Waals surface area (Å²) in [6, 6.07) is 8.75. The van der Waals surface area contributed by atoms with Gasteiger partial charge in [0, 0.05) is 52.9 Å². The summed E-state index contributed by atoms with van der Waals surface area (Å²) in [7, 11) is 0. The van der Waals surface area contributed by atoms with Crippen molar-refractivity contribution in [1.82, 2.24) is 14.8 Å². The number of carboxylic acid groups (broad SMARTS) is 1. The Hall–Kier alpha value is -3.77. The smallest absolute Gasteiger partial charge is 0.303 e. The fraction of sp³-hybridized carbons (Fsp3) is 0.393. The molecule has 4 rings (SSSR count). The van der Waals surface area contributed by atoms with Gasteiger partial charge in [0.1, 0.15) is 11.3 Å². The predicted molar refractivity (Wildman–Crippen MR) is 137 cm³/mol. The van der Waals surface area contributed by atoms with Crippen molar-refractivity contribution >= 4 is 27.8 Å². The molecule has 0 amide bonds. The Bertz CT molecular complexity index is 1510. The SMILES string of the molecule is CCOCC(CCC(=O)O)c1c(C(C)(C)CC#N)n(-c2ccc(F)c(C)c2)c2cc3cn[nH]c3c(F)c12.